The van der Waals surface area contributed by atoms with Crippen molar-refractivity contribution < 1.29 is 9.53 Å². The molecule has 0 saturated carbocycles. The molecule has 2 nitrogen and oxygen atoms in total. The van der Waals surface area contributed by atoms with Crippen LogP contribution in [-0.4, -0.2) is 23.1 Å². The van der Waals surface area contributed by atoms with Crippen molar-refractivity contribution in [2.24, 2.45) is 0 Å². The lowest BCUT2D eigenvalue weighted by Crippen LogP contribution is -2.26. The zero-order valence-electron chi connectivity index (χ0n) is 6.45. The lowest BCUT2D eigenvalue weighted by atomic mass is 10.1. The Bertz CT molecular complexity index is 169. The monoisotopic (exact) mass is 173 g/mol. The van der Waals surface area contributed by atoms with Crippen LogP contribution < -0.4 is 0 Å². The van der Waals surface area contributed by atoms with E-state index in [-0.39, 0.29) is 5.97 Å². The van der Waals surface area contributed by atoms with E-state index < -0.39 is 0 Å². The Morgan fingerprint density at radius 2 is 2.18 bits per heavy atom. The zero-order chi connectivity index (χ0) is 7.68. The number of fused-ring (bicyclic) bond motifs is 2. The number of carbonyl (C=O) groups is 1. The Morgan fingerprint density at radius 3 is 3.09 bits per heavy atom. The highest BCUT2D eigenvalue weighted by molar-refractivity contribution is 7.80. The molecule has 2 saturated heterocycles. The van der Waals surface area contributed by atoms with Crippen LogP contribution in [0.4, 0.5) is 0 Å². The van der Waals surface area contributed by atoms with Gasteiger partial charge < -0.3 is 4.74 Å². The predicted molar refractivity (Wildman–Crippen MR) is 45.8 cm³/mol. The summed E-state index contributed by atoms with van der Waals surface area (Å²) in [7, 11) is 0. The second kappa shape index (κ2) is 3.05. The average Bonchev–Trinajstić information content (AvgIpc) is 2.12. The lowest BCUT2D eigenvalue weighted by molar-refractivity contribution is -0.143. The van der Waals surface area contributed by atoms with Crippen molar-refractivity contribution in [1.82, 2.24) is 0 Å². The Labute approximate surface area is 70.7 Å². The van der Waals surface area contributed by atoms with Crippen LogP contribution >= 0.6 is 0 Å². The molecule has 0 aliphatic carbocycles. The highest BCUT2D eigenvalue weighted by Crippen LogP contribution is 2.25. The topological polar surface area (TPSA) is 26.3 Å². The van der Waals surface area contributed by atoms with Crippen LogP contribution in [0.3, 0.4) is 0 Å². The van der Waals surface area contributed by atoms with E-state index in [4.69, 9.17) is 4.74 Å². The first-order valence-electron chi connectivity index (χ1n) is 4.20. The Hall–Kier alpha value is -0.180. The minimum atomic E-state index is 0.0203. The molecule has 2 aliphatic heterocycles. The summed E-state index contributed by atoms with van der Waals surface area (Å²) in [4.78, 5) is 11.0. The molecular weight excluding hydrogens is 160 g/mol. The summed E-state index contributed by atoms with van der Waals surface area (Å²) in [5, 5.41) is 1.27. The molecule has 0 aromatic rings. The maximum atomic E-state index is 11.0. The molecule has 2 fully saturated rings. The molecule has 0 N–H and O–H groups in total. The zero-order valence-corrected chi connectivity index (χ0v) is 7.35. The van der Waals surface area contributed by atoms with Gasteiger partial charge >= 0.3 is 5.97 Å². The number of hydrogen-bond donors (Lipinski definition) is 0. The number of carbonyl (C=O) groups excluding carboxylic acids is 1. The molecule has 3 heteroatoms. The number of rotatable bonds is 0. The molecule has 0 spiro atoms. The standard InChI is InChI=1S/C8H12O2S/c9-8-4-6-2-1-3-7(11-6)5-10-8/h6-7H,1-5H2/p+1. The molecule has 2 bridgehead atoms. The first-order chi connectivity index (χ1) is 5.34. The number of hydrogen-bond acceptors (Lipinski definition) is 2. The Morgan fingerprint density at radius 1 is 1.36 bits per heavy atom. The molecule has 2 rings (SSSR count). The van der Waals surface area contributed by atoms with Gasteiger partial charge in [0.1, 0.15) is 17.1 Å². The molecule has 0 amide bonds. The van der Waals surface area contributed by atoms with Crippen LogP contribution in [0.2, 0.25) is 0 Å². The summed E-state index contributed by atoms with van der Waals surface area (Å²) in [6, 6.07) is 0. The third-order valence-electron chi connectivity index (χ3n) is 2.34. The van der Waals surface area contributed by atoms with Crippen LogP contribution in [0.5, 0.6) is 0 Å². The van der Waals surface area contributed by atoms with Crippen molar-refractivity contribution in [2.75, 3.05) is 6.61 Å². The molecule has 0 aromatic carbocycles. The quantitative estimate of drug-likeness (QED) is 0.306. The van der Waals surface area contributed by atoms with Crippen LogP contribution in [0, 0.1) is 0 Å². The maximum absolute atomic E-state index is 11.0. The van der Waals surface area contributed by atoms with Gasteiger partial charge in [-0.05, 0) is 31.0 Å². The van der Waals surface area contributed by atoms with Gasteiger partial charge in [0.15, 0.2) is 0 Å². The van der Waals surface area contributed by atoms with Crippen molar-refractivity contribution >= 4 is 17.7 Å². The summed E-state index contributed by atoms with van der Waals surface area (Å²) in [5.41, 5.74) is 0. The fourth-order valence-corrected chi connectivity index (χ4v) is 3.43. The van der Waals surface area contributed by atoms with E-state index in [1.54, 1.807) is 0 Å². The minimum Gasteiger partial charge on any atom is -0.460 e. The van der Waals surface area contributed by atoms with Gasteiger partial charge in [-0.25, -0.2) is 0 Å². The molecule has 0 radical (unpaired) electrons. The summed E-state index contributed by atoms with van der Waals surface area (Å²) >= 11 is 1.47. The third-order valence-corrected chi connectivity index (χ3v) is 4.03. The van der Waals surface area contributed by atoms with E-state index in [0.29, 0.717) is 23.5 Å². The van der Waals surface area contributed by atoms with Gasteiger partial charge in [-0.15, -0.1) is 0 Å². The number of esters is 1. The lowest BCUT2D eigenvalue weighted by Gasteiger charge is -2.15. The van der Waals surface area contributed by atoms with Crippen LogP contribution in [0.1, 0.15) is 25.7 Å². The van der Waals surface area contributed by atoms with Gasteiger partial charge in [0.25, 0.3) is 0 Å². The van der Waals surface area contributed by atoms with E-state index in [0.717, 1.165) is 0 Å². The summed E-state index contributed by atoms with van der Waals surface area (Å²) in [6.45, 7) is 0.677. The Kier molecular flexibility index (Phi) is 2.07. The number of thiol groups is 1. The molecule has 2 atom stereocenters. The summed E-state index contributed by atoms with van der Waals surface area (Å²) < 4.78 is 5.07. The van der Waals surface area contributed by atoms with Gasteiger partial charge in [-0.1, -0.05) is 0 Å². The van der Waals surface area contributed by atoms with E-state index in [1.165, 1.54) is 31.0 Å². The predicted octanol–water partition coefficient (Wildman–Crippen LogP) is 0.669. The highest BCUT2D eigenvalue weighted by atomic mass is 32.2. The molecule has 2 aliphatic rings. The van der Waals surface area contributed by atoms with E-state index in [2.05, 4.69) is 0 Å². The number of cyclic esters (lactones) is 1. The molecule has 0 aromatic heterocycles. The van der Waals surface area contributed by atoms with Crippen molar-refractivity contribution in [1.29, 1.82) is 0 Å². The second-order valence-corrected chi connectivity index (χ2v) is 5.03. The second-order valence-electron chi connectivity index (χ2n) is 3.27. The molecule has 62 valence electrons. The SMILES string of the molecule is O=C1CC2CCCC(CO1)[SH+]2. The average molecular weight is 173 g/mol. The minimum absolute atomic E-state index is 0.0203. The van der Waals surface area contributed by atoms with Gasteiger partial charge in [-0.3, -0.25) is 4.79 Å². The largest absolute Gasteiger partial charge is 0.460 e. The maximum Gasteiger partial charge on any atom is 0.311 e. The molecule has 11 heavy (non-hydrogen) atoms. The van der Waals surface area contributed by atoms with Crippen LogP contribution in [0.25, 0.3) is 0 Å². The fourth-order valence-electron chi connectivity index (χ4n) is 1.76. The van der Waals surface area contributed by atoms with Crippen molar-refractivity contribution in [3.05, 3.63) is 0 Å². The van der Waals surface area contributed by atoms with Crippen LogP contribution in [-0.2, 0) is 21.3 Å². The first kappa shape index (κ1) is 7.47. The van der Waals surface area contributed by atoms with Crippen molar-refractivity contribution in [2.45, 2.75) is 36.2 Å². The summed E-state index contributed by atoms with van der Waals surface area (Å²) in [6.07, 6.45) is 4.44. The van der Waals surface area contributed by atoms with Crippen molar-refractivity contribution in [3.63, 3.8) is 0 Å². The molecule has 2 heterocycles. The van der Waals surface area contributed by atoms with Gasteiger partial charge in [-0.2, -0.15) is 0 Å². The number of ether oxygens (including phenoxy) is 1. The third kappa shape index (κ3) is 1.70. The van der Waals surface area contributed by atoms with Crippen molar-refractivity contribution in [3.8, 4) is 0 Å². The van der Waals surface area contributed by atoms with Crippen LogP contribution in [0.15, 0.2) is 0 Å². The normalized spacial score (nSPS) is 37.6. The summed E-state index contributed by atoms with van der Waals surface area (Å²) in [5.74, 6) is 0.0203. The smallest absolute Gasteiger partial charge is 0.311 e. The van der Waals surface area contributed by atoms with E-state index in [1.807, 2.05) is 0 Å². The van der Waals surface area contributed by atoms with Gasteiger partial charge in [0.2, 0.25) is 0 Å². The van der Waals surface area contributed by atoms with Gasteiger partial charge in [0.05, 0.1) is 6.42 Å². The Balaban J connectivity index is 2.04. The van der Waals surface area contributed by atoms with E-state index >= 15 is 0 Å². The molecular formula is C8H13O2S+. The highest BCUT2D eigenvalue weighted by Gasteiger charge is 2.35. The fraction of sp³-hybridized carbons (Fsp3) is 0.875. The first-order valence-corrected chi connectivity index (χ1v) is 5.23. The molecule has 2 unspecified atom stereocenters. The van der Waals surface area contributed by atoms with Gasteiger partial charge in [0, 0.05) is 0 Å². The van der Waals surface area contributed by atoms with E-state index in [9.17, 15) is 4.79 Å².